The Hall–Kier alpha value is -1.14. The maximum Gasteiger partial charge on any atom is 0.229 e. The molecule has 1 aromatic heterocycles. The van der Waals surface area contributed by atoms with Crippen LogP contribution in [0.4, 0.5) is 11.9 Å². The van der Waals surface area contributed by atoms with Gasteiger partial charge in [0, 0.05) is 25.6 Å². The molecule has 0 amide bonds. The summed E-state index contributed by atoms with van der Waals surface area (Å²) in [4.78, 5) is 12.2. The minimum absolute atomic E-state index is 0.0493. The minimum atomic E-state index is 0.0493. The molecule has 1 heterocycles. The predicted octanol–water partition coefficient (Wildman–Crippen LogP) is 1.79. The van der Waals surface area contributed by atoms with Gasteiger partial charge in [-0.15, -0.1) is 0 Å². The van der Waals surface area contributed by atoms with E-state index < -0.39 is 0 Å². The summed E-state index contributed by atoms with van der Waals surface area (Å²) >= 11 is 5.83. The number of aromatic nitrogens is 3. The van der Waals surface area contributed by atoms with E-state index in [1.165, 1.54) is 0 Å². The van der Waals surface area contributed by atoms with E-state index in [2.05, 4.69) is 39.4 Å². The third kappa shape index (κ3) is 2.35. The molecular weight excluding hydrogens is 254 g/mol. The number of anilines is 2. The van der Waals surface area contributed by atoms with Gasteiger partial charge in [-0.3, -0.25) is 0 Å². The van der Waals surface area contributed by atoms with Crippen molar-refractivity contribution >= 4 is 23.5 Å². The Morgan fingerprint density at radius 3 is 2.50 bits per heavy atom. The highest BCUT2D eigenvalue weighted by Gasteiger charge is 2.48. The third-order valence-corrected chi connectivity index (χ3v) is 3.77. The number of nitrogens with zero attached hydrogens (tertiary/aromatic N) is 3. The van der Waals surface area contributed by atoms with Crippen molar-refractivity contribution in [1.29, 1.82) is 0 Å². The summed E-state index contributed by atoms with van der Waals surface area (Å²) in [5, 5.41) is 6.31. The van der Waals surface area contributed by atoms with Crippen LogP contribution in [0.15, 0.2) is 0 Å². The average Bonchev–Trinajstić information content (AvgIpc) is 2.33. The van der Waals surface area contributed by atoms with Crippen LogP contribution < -0.4 is 10.6 Å². The number of hydrogen-bond acceptors (Lipinski definition) is 6. The Morgan fingerprint density at radius 2 is 1.94 bits per heavy atom. The summed E-state index contributed by atoms with van der Waals surface area (Å²) in [5.41, 5.74) is 0.0493. The van der Waals surface area contributed by atoms with Gasteiger partial charge in [0.1, 0.15) is 0 Å². The van der Waals surface area contributed by atoms with Crippen LogP contribution in [0.25, 0.3) is 0 Å². The highest BCUT2D eigenvalue weighted by Crippen LogP contribution is 2.43. The molecule has 18 heavy (non-hydrogen) atoms. The molecule has 7 heteroatoms. The summed E-state index contributed by atoms with van der Waals surface area (Å²) < 4.78 is 5.41. The van der Waals surface area contributed by atoms with Crippen LogP contribution in [0.3, 0.4) is 0 Å². The second kappa shape index (κ2) is 4.85. The van der Waals surface area contributed by atoms with Crippen LogP contribution in [-0.2, 0) is 4.74 Å². The number of nitrogens with one attached hydrogen (secondary N) is 2. The summed E-state index contributed by atoms with van der Waals surface area (Å²) in [6, 6.07) is 0.269. The van der Waals surface area contributed by atoms with Crippen molar-refractivity contribution in [1.82, 2.24) is 15.0 Å². The molecule has 2 atom stereocenters. The van der Waals surface area contributed by atoms with Crippen molar-refractivity contribution in [2.24, 2.45) is 5.41 Å². The van der Waals surface area contributed by atoms with Gasteiger partial charge in [-0.1, -0.05) is 13.8 Å². The quantitative estimate of drug-likeness (QED) is 0.870. The molecule has 1 aliphatic carbocycles. The van der Waals surface area contributed by atoms with Crippen molar-refractivity contribution in [2.45, 2.75) is 32.4 Å². The van der Waals surface area contributed by atoms with Crippen LogP contribution in [-0.4, -0.2) is 41.3 Å². The van der Waals surface area contributed by atoms with Gasteiger partial charge < -0.3 is 15.4 Å². The Morgan fingerprint density at radius 1 is 1.28 bits per heavy atom. The van der Waals surface area contributed by atoms with Gasteiger partial charge >= 0.3 is 0 Å². The van der Waals surface area contributed by atoms with E-state index in [4.69, 9.17) is 16.3 Å². The minimum Gasteiger partial charge on any atom is -0.381 e. The van der Waals surface area contributed by atoms with Crippen molar-refractivity contribution in [3.8, 4) is 0 Å². The van der Waals surface area contributed by atoms with Gasteiger partial charge in [-0.05, 0) is 18.0 Å². The van der Waals surface area contributed by atoms with Gasteiger partial charge in [-0.25, -0.2) is 0 Å². The van der Waals surface area contributed by atoms with Crippen molar-refractivity contribution in [2.75, 3.05) is 24.8 Å². The van der Waals surface area contributed by atoms with Gasteiger partial charge in [0.25, 0.3) is 0 Å². The molecule has 100 valence electrons. The Bertz CT molecular complexity index is 439. The monoisotopic (exact) mass is 271 g/mol. The topological polar surface area (TPSA) is 72.0 Å². The molecule has 0 saturated heterocycles. The zero-order chi connectivity index (χ0) is 13.3. The molecule has 0 bridgehead atoms. The first-order valence-electron chi connectivity index (χ1n) is 5.86. The average molecular weight is 272 g/mol. The summed E-state index contributed by atoms with van der Waals surface area (Å²) in [5.74, 6) is 0.949. The lowest BCUT2D eigenvalue weighted by molar-refractivity contribution is -0.0796. The van der Waals surface area contributed by atoms with Crippen molar-refractivity contribution in [3.63, 3.8) is 0 Å². The molecular formula is C11H18ClN5O. The van der Waals surface area contributed by atoms with E-state index in [9.17, 15) is 0 Å². The Labute approximate surface area is 112 Å². The van der Waals surface area contributed by atoms with E-state index >= 15 is 0 Å². The van der Waals surface area contributed by atoms with E-state index in [0.717, 1.165) is 6.42 Å². The number of rotatable bonds is 4. The van der Waals surface area contributed by atoms with Crippen molar-refractivity contribution < 1.29 is 4.74 Å². The molecule has 0 radical (unpaired) electrons. The molecule has 1 aromatic rings. The first-order chi connectivity index (χ1) is 8.47. The molecule has 2 N–H and O–H groups in total. The maximum atomic E-state index is 5.83. The zero-order valence-electron chi connectivity index (χ0n) is 11.0. The number of ether oxygens (including phenoxy) is 1. The molecule has 0 aromatic carbocycles. The Balaban J connectivity index is 2.09. The predicted molar refractivity (Wildman–Crippen MR) is 71.0 cm³/mol. The number of hydrogen-bond donors (Lipinski definition) is 2. The van der Waals surface area contributed by atoms with Gasteiger partial charge in [-0.2, -0.15) is 15.0 Å². The first kappa shape index (κ1) is 13.3. The van der Waals surface area contributed by atoms with Gasteiger partial charge in [0.15, 0.2) is 0 Å². The SMILES string of the molecule is CNc1nc(Cl)nc(NC2CC(OC)C2(C)C)n1. The molecule has 1 aliphatic rings. The van der Waals surface area contributed by atoms with Crippen molar-refractivity contribution in [3.05, 3.63) is 5.28 Å². The summed E-state index contributed by atoms with van der Waals surface area (Å²) in [7, 11) is 3.48. The first-order valence-corrected chi connectivity index (χ1v) is 6.24. The lowest BCUT2D eigenvalue weighted by atomic mass is 9.64. The van der Waals surface area contributed by atoms with E-state index in [0.29, 0.717) is 11.9 Å². The van der Waals surface area contributed by atoms with E-state index in [1.54, 1.807) is 14.2 Å². The number of halogens is 1. The van der Waals surface area contributed by atoms with Crippen LogP contribution in [0.5, 0.6) is 0 Å². The fourth-order valence-corrected chi connectivity index (χ4v) is 2.37. The second-order valence-corrected chi connectivity index (χ2v) is 5.32. The molecule has 2 unspecified atom stereocenters. The van der Waals surface area contributed by atoms with Crippen LogP contribution in [0.1, 0.15) is 20.3 Å². The van der Waals surface area contributed by atoms with Gasteiger partial charge in [0.2, 0.25) is 17.2 Å². The second-order valence-electron chi connectivity index (χ2n) is 4.98. The highest BCUT2D eigenvalue weighted by molar-refractivity contribution is 6.28. The largest absolute Gasteiger partial charge is 0.381 e. The molecule has 1 fully saturated rings. The lowest BCUT2D eigenvalue weighted by Gasteiger charge is -2.51. The third-order valence-electron chi connectivity index (χ3n) is 3.60. The normalized spacial score (nSPS) is 25.4. The van der Waals surface area contributed by atoms with Crippen LogP contribution in [0.2, 0.25) is 5.28 Å². The van der Waals surface area contributed by atoms with Crippen LogP contribution in [0, 0.1) is 5.41 Å². The smallest absolute Gasteiger partial charge is 0.229 e. The number of methoxy groups -OCH3 is 1. The highest BCUT2D eigenvalue weighted by atomic mass is 35.5. The molecule has 0 spiro atoms. The fourth-order valence-electron chi connectivity index (χ4n) is 2.21. The standard InChI is InChI=1S/C11H18ClN5O/c1-11(2)6(5-7(11)18-4)14-10-16-8(12)15-9(13-3)17-10/h6-7H,5H2,1-4H3,(H2,13,14,15,16,17). The summed E-state index contributed by atoms with van der Waals surface area (Å²) in [6.45, 7) is 4.31. The van der Waals surface area contributed by atoms with E-state index in [-0.39, 0.29) is 22.8 Å². The maximum absolute atomic E-state index is 5.83. The fraction of sp³-hybridized carbons (Fsp3) is 0.727. The molecule has 6 nitrogen and oxygen atoms in total. The molecule has 2 rings (SSSR count). The lowest BCUT2D eigenvalue weighted by Crippen LogP contribution is -2.57. The van der Waals surface area contributed by atoms with Gasteiger partial charge in [0.05, 0.1) is 6.10 Å². The zero-order valence-corrected chi connectivity index (χ0v) is 11.7. The molecule has 1 saturated carbocycles. The van der Waals surface area contributed by atoms with Crippen LogP contribution >= 0.6 is 11.6 Å². The van der Waals surface area contributed by atoms with E-state index in [1.807, 2.05) is 0 Å². The Kier molecular flexibility index (Phi) is 3.59. The molecule has 0 aliphatic heterocycles. The summed E-state index contributed by atoms with van der Waals surface area (Å²) in [6.07, 6.45) is 1.19.